The summed E-state index contributed by atoms with van der Waals surface area (Å²) in [5.41, 5.74) is 2.90. The highest BCUT2D eigenvalue weighted by molar-refractivity contribution is 5.81. The van der Waals surface area contributed by atoms with E-state index in [0.717, 1.165) is 54.2 Å². The maximum atomic E-state index is 13.5. The SMILES string of the molecule is CC(C)Cc1nc2ccccc2n1CC(=O)N1CCCC1c1cc(Nc2ccccn2)n[nH]1. The number of nitrogens with one attached hydrogen (secondary N) is 2. The van der Waals surface area contributed by atoms with Crippen LogP contribution in [0.2, 0.25) is 0 Å². The summed E-state index contributed by atoms with van der Waals surface area (Å²) in [6, 6.07) is 15.7. The number of benzene rings is 1. The molecule has 4 heterocycles. The molecule has 0 radical (unpaired) electrons. The molecule has 1 aliphatic heterocycles. The van der Waals surface area contributed by atoms with Crippen molar-refractivity contribution in [1.82, 2.24) is 29.6 Å². The minimum Gasteiger partial charge on any atom is -0.333 e. The number of aromatic amines is 1. The van der Waals surface area contributed by atoms with E-state index in [0.29, 0.717) is 18.3 Å². The van der Waals surface area contributed by atoms with Crippen LogP contribution in [0.15, 0.2) is 54.7 Å². The van der Waals surface area contributed by atoms with Gasteiger partial charge >= 0.3 is 0 Å². The molecule has 33 heavy (non-hydrogen) atoms. The Morgan fingerprint density at radius 1 is 1.18 bits per heavy atom. The third kappa shape index (κ3) is 4.46. The number of imidazole rings is 1. The van der Waals surface area contributed by atoms with Crippen LogP contribution in [0.25, 0.3) is 11.0 Å². The molecule has 1 atom stereocenters. The lowest BCUT2D eigenvalue weighted by Crippen LogP contribution is -2.34. The zero-order chi connectivity index (χ0) is 22.8. The number of likely N-dealkylation sites (tertiary alicyclic amines) is 1. The topological polar surface area (TPSA) is 91.7 Å². The molecular weight excluding hydrogens is 414 g/mol. The molecule has 1 aromatic carbocycles. The van der Waals surface area contributed by atoms with E-state index in [4.69, 9.17) is 4.98 Å². The second-order valence-electron chi connectivity index (χ2n) is 8.99. The Balaban J connectivity index is 1.35. The summed E-state index contributed by atoms with van der Waals surface area (Å²) in [6.07, 6.45) is 4.47. The standard InChI is InChI=1S/C25H29N7O/c1-17(2)14-24-27-18-8-3-4-9-20(18)32(24)16-25(33)31-13-7-10-21(31)19-15-23(30-29-19)28-22-11-5-6-12-26-22/h3-6,8-9,11-12,15,17,21H,7,10,13-14,16H2,1-2H3,(H2,26,28,29,30). The van der Waals surface area contributed by atoms with E-state index in [1.807, 2.05) is 53.4 Å². The van der Waals surface area contributed by atoms with Gasteiger partial charge in [0, 0.05) is 25.2 Å². The fourth-order valence-electron chi connectivity index (χ4n) is 4.58. The molecule has 3 aromatic heterocycles. The van der Waals surface area contributed by atoms with Crippen molar-refractivity contribution in [3.8, 4) is 0 Å². The van der Waals surface area contributed by atoms with Gasteiger partial charge < -0.3 is 14.8 Å². The summed E-state index contributed by atoms with van der Waals surface area (Å²) >= 11 is 0. The van der Waals surface area contributed by atoms with Crippen molar-refractivity contribution in [2.45, 2.75) is 45.7 Å². The van der Waals surface area contributed by atoms with Crippen LogP contribution in [0, 0.1) is 5.92 Å². The van der Waals surface area contributed by atoms with Crippen molar-refractivity contribution in [2.75, 3.05) is 11.9 Å². The van der Waals surface area contributed by atoms with E-state index >= 15 is 0 Å². The summed E-state index contributed by atoms with van der Waals surface area (Å²) < 4.78 is 2.09. The maximum Gasteiger partial charge on any atom is 0.243 e. The zero-order valence-electron chi connectivity index (χ0n) is 19.0. The van der Waals surface area contributed by atoms with Gasteiger partial charge in [0.05, 0.1) is 22.8 Å². The number of para-hydroxylation sites is 2. The van der Waals surface area contributed by atoms with E-state index < -0.39 is 0 Å². The van der Waals surface area contributed by atoms with Crippen molar-refractivity contribution in [2.24, 2.45) is 5.92 Å². The number of hydrogen-bond acceptors (Lipinski definition) is 5. The number of anilines is 2. The van der Waals surface area contributed by atoms with E-state index in [-0.39, 0.29) is 11.9 Å². The number of hydrogen-bond donors (Lipinski definition) is 2. The fraction of sp³-hybridized carbons (Fsp3) is 0.360. The second kappa shape index (κ2) is 9.05. The van der Waals surface area contributed by atoms with Gasteiger partial charge in [0.1, 0.15) is 18.2 Å². The highest BCUT2D eigenvalue weighted by Gasteiger charge is 2.32. The minimum absolute atomic E-state index is 0.00684. The summed E-state index contributed by atoms with van der Waals surface area (Å²) in [4.78, 5) is 24.6. The summed E-state index contributed by atoms with van der Waals surface area (Å²) in [6.45, 7) is 5.40. The van der Waals surface area contributed by atoms with E-state index in [1.165, 1.54) is 0 Å². The third-order valence-corrected chi connectivity index (χ3v) is 6.07. The molecule has 4 aromatic rings. The van der Waals surface area contributed by atoms with Crippen LogP contribution in [-0.2, 0) is 17.8 Å². The molecular formula is C25H29N7O. The van der Waals surface area contributed by atoms with E-state index in [2.05, 4.69) is 38.9 Å². The van der Waals surface area contributed by atoms with Gasteiger partial charge in [-0.15, -0.1) is 0 Å². The highest BCUT2D eigenvalue weighted by atomic mass is 16.2. The number of carbonyl (C=O) groups is 1. The molecule has 1 amide bonds. The Morgan fingerprint density at radius 3 is 2.85 bits per heavy atom. The Bertz CT molecular complexity index is 1240. The number of pyridine rings is 1. The quantitative estimate of drug-likeness (QED) is 0.440. The van der Waals surface area contributed by atoms with Gasteiger partial charge in [-0.3, -0.25) is 9.89 Å². The van der Waals surface area contributed by atoms with Crippen LogP contribution >= 0.6 is 0 Å². The molecule has 1 fully saturated rings. The number of carbonyl (C=O) groups excluding carboxylic acids is 1. The smallest absolute Gasteiger partial charge is 0.243 e. The number of nitrogens with zero attached hydrogens (tertiary/aromatic N) is 5. The first kappa shape index (κ1) is 21.2. The molecule has 0 saturated carbocycles. The normalized spacial score (nSPS) is 16.1. The summed E-state index contributed by atoms with van der Waals surface area (Å²) in [5.74, 6) is 2.98. The lowest BCUT2D eigenvalue weighted by atomic mass is 10.1. The molecule has 8 heteroatoms. The van der Waals surface area contributed by atoms with Gasteiger partial charge in [-0.05, 0) is 43.0 Å². The summed E-state index contributed by atoms with van der Waals surface area (Å²) in [5, 5.41) is 10.7. The average molecular weight is 444 g/mol. The molecule has 8 nitrogen and oxygen atoms in total. The molecule has 1 saturated heterocycles. The molecule has 5 rings (SSSR count). The lowest BCUT2D eigenvalue weighted by Gasteiger charge is -2.24. The second-order valence-corrected chi connectivity index (χ2v) is 8.99. The monoisotopic (exact) mass is 443 g/mol. The number of amides is 1. The van der Waals surface area contributed by atoms with Gasteiger partial charge in [-0.1, -0.05) is 32.0 Å². The molecule has 1 unspecified atom stereocenters. The van der Waals surface area contributed by atoms with Gasteiger partial charge in [-0.2, -0.15) is 5.10 Å². The molecule has 0 bridgehead atoms. The highest BCUT2D eigenvalue weighted by Crippen LogP contribution is 2.32. The molecule has 170 valence electrons. The number of aromatic nitrogens is 5. The minimum atomic E-state index is -0.00684. The van der Waals surface area contributed by atoms with E-state index in [1.54, 1.807) is 6.20 Å². The Kier molecular flexibility index (Phi) is 5.81. The Hall–Kier alpha value is -3.68. The predicted octanol–water partition coefficient (Wildman–Crippen LogP) is 4.46. The number of fused-ring (bicyclic) bond motifs is 1. The van der Waals surface area contributed by atoms with Gasteiger partial charge in [0.25, 0.3) is 0 Å². The summed E-state index contributed by atoms with van der Waals surface area (Å²) in [7, 11) is 0. The molecule has 0 spiro atoms. The fourth-order valence-corrected chi connectivity index (χ4v) is 4.58. The molecule has 0 aliphatic carbocycles. The van der Waals surface area contributed by atoms with Crippen molar-refractivity contribution in [3.63, 3.8) is 0 Å². The van der Waals surface area contributed by atoms with Crippen LogP contribution in [0.4, 0.5) is 11.6 Å². The molecule has 2 N–H and O–H groups in total. The first-order valence-corrected chi connectivity index (χ1v) is 11.6. The number of rotatable bonds is 7. The first-order chi connectivity index (χ1) is 16.1. The van der Waals surface area contributed by atoms with Crippen LogP contribution in [0.3, 0.4) is 0 Å². The predicted molar refractivity (Wildman–Crippen MR) is 128 cm³/mol. The Morgan fingerprint density at radius 2 is 2.03 bits per heavy atom. The molecule has 1 aliphatic rings. The van der Waals surface area contributed by atoms with Crippen LogP contribution in [0.1, 0.15) is 44.2 Å². The van der Waals surface area contributed by atoms with Crippen molar-refractivity contribution >= 4 is 28.6 Å². The van der Waals surface area contributed by atoms with Gasteiger partial charge in [0.15, 0.2) is 5.82 Å². The van der Waals surface area contributed by atoms with Crippen LogP contribution in [-0.4, -0.2) is 42.1 Å². The van der Waals surface area contributed by atoms with E-state index in [9.17, 15) is 4.79 Å². The third-order valence-electron chi connectivity index (χ3n) is 6.07. The average Bonchev–Trinajstić information content (AvgIpc) is 3.53. The van der Waals surface area contributed by atoms with Crippen molar-refractivity contribution < 1.29 is 4.79 Å². The Labute approximate surface area is 193 Å². The largest absolute Gasteiger partial charge is 0.333 e. The number of H-pyrrole nitrogens is 1. The van der Waals surface area contributed by atoms with Crippen molar-refractivity contribution in [1.29, 1.82) is 0 Å². The van der Waals surface area contributed by atoms with Crippen LogP contribution in [0.5, 0.6) is 0 Å². The van der Waals surface area contributed by atoms with Gasteiger partial charge in [-0.25, -0.2) is 9.97 Å². The maximum absolute atomic E-state index is 13.5. The first-order valence-electron chi connectivity index (χ1n) is 11.6. The van der Waals surface area contributed by atoms with Crippen LogP contribution < -0.4 is 5.32 Å². The zero-order valence-corrected chi connectivity index (χ0v) is 19.0. The lowest BCUT2D eigenvalue weighted by molar-refractivity contribution is -0.132. The van der Waals surface area contributed by atoms with Gasteiger partial charge in [0.2, 0.25) is 5.91 Å². The van der Waals surface area contributed by atoms with Crippen molar-refractivity contribution in [3.05, 3.63) is 66.2 Å².